The number of pyridine rings is 1. The van der Waals surface area contributed by atoms with E-state index in [1.807, 2.05) is 18.7 Å². The first-order valence-corrected chi connectivity index (χ1v) is 11.2. The van der Waals surface area contributed by atoms with Gasteiger partial charge in [0, 0.05) is 37.3 Å². The Bertz CT molecular complexity index is 1080. The SMILES string of the molecule is CC1(C)CC(O)CN1c1nc(-c2ccccc2Cl)c(F)c2c1C(=O)N1CCNC[C@@H]1CO2. The van der Waals surface area contributed by atoms with Crippen molar-refractivity contribution >= 4 is 23.3 Å². The second-order valence-electron chi connectivity index (χ2n) is 9.23. The molecule has 7 nitrogen and oxygen atoms in total. The molecule has 2 fully saturated rings. The Morgan fingerprint density at radius 3 is 2.84 bits per heavy atom. The van der Waals surface area contributed by atoms with Crippen molar-refractivity contribution in [2.75, 3.05) is 37.7 Å². The summed E-state index contributed by atoms with van der Waals surface area (Å²) in [6.45, 7) is 6.17. The van der Waals surface area contributed by atoms with Crippen LogP contribution in [0.15, 0.2) is 24.3 Å². The molecule has 1 aromatic carbocycles. The van der Waals surface area contributed by atoms with Gasteiger partial charge in [-0.05, 0) is 26.3 Å². The van der Waals surface area contributed by atoms with Crippen LogP contribution >= 0.6 is 11.6 Å². The van der Waals surface area contributed by atoms with E-state index >= 15 is 4.39 Å². The third-order valence-corrected chi connectivity index (χ3v) is 6.89. The number of aromatic nitrogens is 1. The van der Waals surface area contributed by atoms with Crippen LogP contribution in [-0.4, -0.2) is 71.4 Å². The Morgan fingerprint density at radius 1 is 1.34 bits per heavy atom. The number of benzene rings is 1. The molecule has 0 bridgehead atoms. The highest BCUT2D eigenvalue weighted by Gasteiger charge is 2.44. The van der Waals surface area contributed by atoms with Crippen molar-refractivity contribution in [1.29, 1.82) is 0 Å². The van der Waals surface area contributed by atoms with E-state index in [1.165, 1.54) is 0 Å². The summed E-state index contributed by atoms with van der Waals surface area (Å²) in [5.74, 6) is -0.771. The third-order valence-electron chi connectivity index (χ3n) is 6.56. The number of anilines is 1. The zero-order chi connectivity index (χ0) is 22.6. The van der Waals surface area contributed by atoms with Crippen molar-refractivity contribution in [2.45, 2.75) is 38.0 Å². The van der Waals surface area contributed by atoms with Crippen LogP contribution in [0.3, 0.4) is 0 Å². The van der Waals surface area contributed by atoms with Gasteiger partial charge in [0.15, 0.2) is 11.6 Å². The number of carbonyl (C=O) groups is 1. The molecule has 1 unspecified atom stereocenters. The summed E-state index contributed by atoms with van der Waals surface area (Å²) in [5, 5.41) is 14.0. The number of aliphatic hydroxyl groups is 1. The number of aliphatic hydroxyl groups excluding tert-OH is 1. The van der Waals surface area contributed by atoms with Gasteiger partial charge in [-0.3, -0.25) is 4.79 Å². The summed E-state index contributed by atoms with van der Waals surface area (Å²) in [6.07, 6.45) is -0.0712. The summed E-state index contributed by atoms with van der Waals surface area (Å²) in [4.78, 5) is 22.0. The number of hydrogen-bond acceptors (Lipinski definition) is 6. The molecule has 2 atom stereocenters. The van der Waals surface area contributed by atoms with E-state index in [-0.39, 0.29) is 42.1 Å². The first-order chi connectivity index (χ1) is 15.3. The monoisotopic (exact) mass is 460 g/mol. The van der Waals surface area contributed by atoms with E-state index in [9.17, 15) is 9.90 Å². The molecular formula is C23H26ClFN4O3. The number of piperazine rings is 1. The van der Waals surface area contributed by atoms with Crippen molar-refractivity contribution in [3.63, 3.8) is 0 Å². The lowest BCUT2D eigenvalue weighted by molar-refractivity contribution is 0.0606. The topological polar surface area (TPSA) is 77.9 Å². The molecule has 3 aliphatic heterocycles. The second kappa shape index (κ2) is 7.86. The maximum Gasteiger partial charge on any atom is 0.261 e. The van der Waals surface area contributed by atoms with Gasteiger partial charge in [0.05, 0.1) is 17.2 Å². The Hall–Kier alpha value is -2.42. The molecule has 1 amide bonds. The van der Waals surface area contributed by atoms with Crippen LogP contribution < -0.4 is 15.0 Å². The van der Waals surface area contributed by atoms with E-state index in [0.29, 0.717) is 42.5 Å². The number of amides is 1. The molecule has 5 rings (SSSR count). The quantitative estimate of drug-likeness (QED) is 0.717. The average Bonchev–Trinajstić information content (AvgIpc) is 2.94. The highest BCUT2D eigenvalue weighted by atomic mass is 35.5. The molecule has 0 saturated carbocycles. The van der Waals surface area contributed by atoms with Gasteiger partial charge < -0.3 is 25.0 Å². The Balaban J connectivity index is 1.76. The van der Waals surface area contributed by atoms with Crippen molar-refractivity contribution in [1.82, 2.24) is 15.2 Å². The molecule has 0 spiro atoms. The average molecular weight is 461 g/mol. The minimum atomic E-state index is -0.699. The summed E-state index contributed by atoms with van der Waals surface area (Å²) in [5.41, 5.74) is 0.0933. The molecular weight excluding hydrogens is 435 g/mol. The Morgan fingerprint density at radius 2 is 2.12 bits per heavy atom. The molecule has 2 saturated heterocycles. The maximum absolute atomic E-state index is 15.9. The van der Waals surface area contributed by atoms with Gasteiger partial charge in [-0.1, -0.05) is 29.8 Å². The lowest BCUT2D eigenvalue weighted by atomic mass is 10.00. The Kier molecular flexibility index (Phi) is 5.27. The van der Waals surface area contributed by atoms with Gasteiger partial charge >= 0.3 is 0 Å². The lowest BCUT2D eigenvalue weighted by Gasteiger charge is -2.36. The minimum Gasteiger partial charge on any atom is -0.487 e. The van der Waals surface area contributed by atoms with E-state index < -0.39 is 17.5 Å². The number of rotatable bonds is 2. The van der Waals surface area contributed by atoms with Gasteiger partial charge in [0.25, 0.3) is 5.91 Å². The lowest BCUT2D eigenvalue weighted by Crippen LogP contribution is -2.55. The summed E-state index contributed by atoms with van der Waals surface area (Å²) in [6, 6.07) is 6.69. The van der Waals surface area contributed by atoms with E-state index in [4.69, 9.17) is 16.3 Å². The number of nitrogens with one attached hydrogen (secondary N) is 1. The first kappa shape index (κ1) is 21.4. The van der Waals surface area contributed by atoms with Crippen molar-refractivity contribution in [3.8, 4) is 17.0 Å². The van der Waals surface area contributed by atoms with Crippen molar-refractivity contribution in [2.24, 2.45) is 0 Å². The van der Waals surface area contributed by atoms with Crippen LogP contribution in [0.25, 0.3) is 11.3 Å². The predicted octanol–water partition coefficient (Wildman–Crippen LogP) is 2.70. The summed E-state index contributed by atoms with van der Waals surface area (Å²) >= 11 is 6.38. The van der Waals surface area contributed by atoms with Crippen LogP contribution in [-0.2, 0) is 0 Å². The molecule has 9 heteroatoms. The van der Waals surface area contributed by atoms with E-state index in [1.54, 1.807) is 29.2 Å². The fraction of sp³-hybridized carbons (Fsp3) is 0.478. The van der Waals surface area contributed by atoms with Crippen molar-refractivity contribution in [3.05, 3.63) is 40.7 Å². The molecule has 0 aliphatic carbocycles. The molecule has 170 valence electrons. The van der Waals surface area contributed by atoms with Gasteiger partial charge in [0.1, 0.15) is 23.7 Å². The highest BCUT2D eigenvalue weighted by Crippen LogP contribution is 2.44. The maximum atomic E-state index is 15.9. The third kappa shape index (κ3) is 3.41. The number of carbonyl (C=O) groups excluding carboxylic acids is 1. The van der Waals surface area contributed by atoms with Gasteiger partial charge in [-0.15, -0.1) is 0 Å². The summed E-state index contributed by atoms with van der Waals surface area (Å²) in [7, 11) is 0. The zero-order valence-corrected chi connectivity index (χ0v) is 18.8. The highest BCUT2D eigenvalue weighted by molar-refractivity contribution is 6.33. The summed E-state index contributed by atoms with van der Waals surface area (Å²) < 4.78 is 21.9. The first-order valence-electron chi connectivity index (χ1n) is 10.9. The zero-order valence-electron chi connectivity index (χ0n) is 18.1. The van der Waals surface area contributed by atoms with Gasteiger partial charge in [0.2, 0.25) is 0 Å². The molecule has 2 aromatic rings. The molecule has 2 N–H and O–H groups in total. The van der Waals surface area contributed by atoms with Gasteiger partial charge in [-0.2, -0.15) is 0 Å². The number of fused-ring (bicyclic) bond motifs is 2. The van der Waals surface area contributed by atoms with Gasteiger partial charge in [-0.25, -0.2) is 9.37 Å². The number of ether oxygens (including phenoxy) is 1. The number of hydrogen-bond donors (Lipinski definition) is 2. The van der Waals surface area contributed by atoms with Crippen LogP contribution in [0.5, 0.6) is 5.75 Å². The van der Waals surface area contributed by atoms with Crippen LogP contribution in [0, 0.1) is 5.82 Å². The number of halogens is 2. The largest absolute Gasteiger partial charge is 0.487 e. The molecule has 3 aliphatic rings. The van der Waals surface area contributed by atoms with Crippen molar-refractivity contribution < 1.29 is 19.0 Å². The number of nitrogens with zero attached hydrogens (tertiary/aromatic N) is 3. The standard InChI is InChI=1S/C23H26ClFN4O3/c1-23(2)9-14(30)11-29(23)21-17-20(32-12-13-10-26-7-8-28(13)22(17)31)18(25)19(27-21)15-5-3-4-6-16(15)24/h3-6,13-14,26,30H,7-12H2,1-2H3/t13-,14?/m1/s1. The molecule has 4 heterocycles. The smallest absolute Gasteiger partial charge is 0.261 e. The number of β-amino-alcohol motifs (C(OH)–C–C–N with tert-alkyl or cyclic N) is 1. The van der Waals surface area contributed by atoms with Crippen LogP contribution in [0.2, 0.25) is 5.02 Å². The van der Waals surface area contributed by atoms with E-state index in [2.05, 4.69) is 10.3 Å². The molecule has 32 heavy (non-hydrogen) atoms. The minimum absolute atomic E-state index is 0.0346. The Labute approximate surface area is 191 Å². The van der Waals surface area contributed by atoms with E-state index in [0.717, 1.165) is 0 Å². The molecule has 0 radical (unpaired) electrons. The van der Waals surface area contributed by atoms with Crippen LogP contribution in [0.4, 0.5) is 10.2 Å². The second-order valence-corrected chi connectivity index (χ2v) is 9.64. The predicted molar refractivity (Wildman–Crippen MR) is 120 cm³/mol. The normalized spacial score (nSPS) is 24.6. The molecule has 1 aromatic heterocycles. The van der Waals surface area contributed by atoms with Crippen LogP contribution in [0.1, 0.15) is 30.6 Å². The fourth-order valence-corrected chi connectivity index (χ4v) is 5.19. The fourth-order valence-electron chi connectivity index (χ4n) is 4.97.